The zero-order valence-corrected chi connectivity index (χ0v) is 11.8. The van der Waals surface area contributed by atoms with Crippen molar-refractivity contribution in [2.45, 2.75) is 12.8 Å². The van der Waals surface area contributed by atoms with Gasteiger partial charge >= 0.3 is 0 Å². The van der Waals surface area contributed by atoms with Crippen LogP contribution >= 0.6 is 0 Å². The largest absolute Gasteiger partial charge is 0.477 e. The van der Waals surface area contributed by atoms with Crippen LogP contribution in [0.2, 0.25) is 0 Å². The third-order valence-corrected chi connectivity index (χ3v) is 2.90. The molecular formula is C15H20N4O2. The normalized spacial score (nSPS) is 10.3. The Labute approximate surface area is 123 Å². The van der Waals surface area contributed by atoms with Crippen LogP contribution in [0, 0.1) is 0 Å². The van der Waals surface area contributed by atoms with Gasteiger partial charge in [0.1, 0.15) is 0 Å². The number of nitrogens with zero attached hydrogens (tertiary/aromatic N) is 1. The summed E-state index contributed by atoms with van der Waals surface area (Å²) in [6.45, 7) is 1.42. The fraction of sp³-hybridized carbons (Fsp3) is 0.333. The van der Waals surface area contributed by atoms with Gasteiger partial charge in [-0.25, -0.2) is 0 Å². The van der Waals surface area contributed by atoms with Crippen LogP contribution in [0.5, 0.6) is 5.88 Å². The SMILES string of the molecule is NCCNC(=O)CCCOc1cc(-c2ccccc2)[nH]n1. The molecule has 0 aliphatic carbocycles. The number of hydrogen-bond donors (Lipinski definition) is 3. The Kier molecular flexibility index (Phi) is 5.78. The summed E-state index contributed by atoms with van der Waals surface area (Å²) in [6.07, 6.45) is 1.07. The maximum atomic E-state index is 11.4. The van der Waals surface area contributed by atoms with Crippen molar-refractivity contribution in [3.63, 3.8) is 0 Å². The van der Waals surface area contributed by atoms with E-state index in [-0.39, 0.29) is 5.91 Å². The van der Waals surface area contributed by atoms with Crippen molar-refractivity contribution in [1.29, 1.82) is 0 Å². The summed E-state index contributed by atoms with van der Waals surface area (Å²) in [4.78, 5) is 11.4. The van der Waals surface area contributed by atoms with E-state index in [9.17, 15) is 4.79 Å². The number of nitrogens with one attached hydrogen (secondary N) is 2. The van der Waals surface area contributed by atoms with Crippen molar-refractivity contribution in [1.82, 2.24) is 15.5 Å². The van der Waals surface area contributed by atoms with E-state index in [1.807, 2.05) is 36.4 Å². The summed E-state index contributed by atoms with van der Waals surface area (Å²) in [7, 11) is 0. The van der Waals surface area contributed by atoms with Crippen molar-refractivity contribution < 1.29 is 9.53 Å². The van der Waals surface area contributed by atoms with Crippen LogP contribution in [0.3, 0.4) is 0 Å². The van der Waals surface area contributed by atoms with Gasteiger partial charge < -0.3 is 15.8 Å². The quantitative estimate of drug-likeness (QED) is 0.638. The van der Waals surface area contributed by atoms with Crippen molar-refractivity contribution in [2.75, 3.05) is 19.7 Å². The molecule has 4 N–H and O–H groups in total. The van der Waals surface area contributed by atoms with Gasteiger partial charge in [0.15, 0.2) is 0 Å². The van der Waals surface area contributed by atoms with Gasteiger partial charge in [-0.15, -0.1) is 5.10 Å². The van der Waals surface area contributed by atoms with Crippen LogP contribution in [0.25, 0.3) is 11.3 Å². The molecule has 0 aliphatic heterocycles. The van der Waals surface area contributed by atoms with E-state index in [0.29, 0.717) is 38.4 Å². The number of benzene rings is 1. The van der Waals surface area contributed by atoms with Crippen LogP contribution in [-0.4, -0.2) is 35.8 Å². The maximum Gasteiger partial charge on any atom is 0.233 e. The summed E-state index contributed by atoms with van der Waals surface area (Å²) in [5.74, 6) is 0.535. The highest BCUT2D eigenvalue weighted by molar-refractivity contribution is 5.75. The molecule has 0 spiro atoms. The molecule has 0 bridgehead atoms. The van der Waals surface area contributed by atoms with Gasteiger partial charge in [-0.05, 0) is 12.0 Å². The monoisotopic (exact) mass is 288 g/mol. The molecule has 1 aromatic heterocycles. The standard InChI is InChI=1S/C15H20N4O2/c16-8-9-17-14(20)7-4-10-21-15-11-13(18-19-15)12-5-2-1-3-6-12/h1-3,5-6,11H,4,7-10,16H2,(H,17,20)(H,18,19). The van der Waals surface area contributed by atoms with E-state index in [1.54, 1.807) is 0 Å². The predicted molar refractivity (Wildman–Crippen MR) is 80.8 cm³/mol. The maximum absolute atomic E-state index is 11.4. The minimum atomic E-state index is -0.00366. The van der Waals surface area contributed by atoms with E-state index in [2.05, 4.69) is 15.5 Å². The summed E-state index contributed by atoms with van der Waals surface area (Å²) in [5.41, 5.74) is 7.27. The van der Waals surface area contributed by atoms with Gasteiger partial charge in [0.25, 0.3) is 0 Å². The van der Waals surface area contributed by atoms with Crippen LogP contribution in [-0.2, 0) is 4.79 Å². The predicted octanol–water partition coefficient (Wildman–Crippen LogP) is 1.31. The molecule has 1 aromatic carbocycles. The second-order valence-corrected chi connectivity index (χ2v) is 4.58. The lowest BCUT2D eigenvalue weighted by atomic mass is 10.2. The summed E-state index contributed by atoms with van der Waals surface area (Å²) in [5, 5.41) is 9.74. The molecular weight excluding hydrogens is 268 g/mol. The van der Waals surface area contributed by atoms with Crippen LogP contribution in [0.1, 0.15) is 12.8 Å². The molecule has 0 fully saturated rings. The molecule has 0 unspecified atom stereocenters. The fourth-order valence-corrected chi connectivity index (χ4v) is 1.85. The van der Waals surface area contributed by atoms with Crippen molar-refractivity contribution in [3.8, 4) is 17.1 Å². The number of carbonyl (C=O) groups excluding carboxylic acids is 1. The fourth-order valence-electron chi connectivity index (χ4n) is 1.85. The number of ether oxygens (including phenoxy) is 1. The average molecular weight is 288 g/mol. The minimum Gasteiger partial charge on any atom is -0.477 e. The number of carbonyl (C=O) groups is 1. The number of rotatable bonds is 8. The van der Waals surface area contributed by atoms with Gasteiger partial charge in [0.2, 0.25) is 11.8 Å². The van der Waals surface area contributed by atoms with E-state index >= 15 is 0 Å². The lowest BCUT2D eigenvalue weighted by Crippen LogP contribution is -2.29. The first-order valence-corrected chi connectivity index (χ1v) is 7.00. The zero-order chi connectivity index (χ0) is 14.9. The second-order valence-electron chi connectivity index (χ2n) is 4.58. The van der Waals surface area contributed by atoms with E-state index in [4.69, 9.17) is 10.5 Å². The third-order valence-electron chi connectivity index (χ3n) is 2.90. The molecule has 0 saturated carbocycles. The van der Waals surface area contributed by atoms with Crippen molar-refractivity contribution in [2.24, 2.45) is 5.73 Å². The second kappa shape index (κ2) is 8.06. The third kappa shape index (κ3) is 4.92. The Morgan fingerprint density at radius 2 is 2.14 bits per heavy atom. The first-order chi connectivity index (χ1) is 10.3. The molecule has 0 aliphatic rings. The molecule has 21 heavy (non-hydrogen) atoms. The Balaban J connectivity index is 1.72. The Bertz CT molecular complexity index is 554. The molecule has 6 heteroatoms. The number of amides is 1. The van der Waals surface area contributed by atoms with Gasteiger partial charge in [0.05, 0.1) is 12.3 Å². The zero-order valence-electron chi connectivity index (χ0n) is 11.8. The Morgan fingerprint density at radius 1 is 1.33 bits per heavy atom. The van der Waals surface area contributed by atoms with E-state index < -0.39 is 0 Å². The molecule has 112 valence electrons. The highest BCUT2D eigenvalue weighted by Crippen LogP contribution is 2.20. The number of H-pyrrole nitrogens is 1. The summed E-state index contributed by atoms with van der Waals surface area (Å²) >= 11 is 0. The minimum absolute atomic E-state index is 0.00366. The molecule has 6 nitrogen and oxygen atoms in total. The summed E-state index contributed by atoms with van der Waals surface area (Å²) in [6, 6.07) is 11.8. The molecule has 0 atom stereocenters. The van der Waals surface area contributed by atoms with Gasteiger partial charge in [-0.3, -0.25) is 9.89 Å². The number of hydrogen-bond acceptors (Lipinski definition) is 4. The topological polar surface area (TPSA) is 93.0 Å². The highest BCUT2D eigenvalue weighted by atomic mass is 16.5. The number of nitrogens with two attached hydrogens (primary N) is 1. The Hall–Kier alpha value is -2.34. The average Bonchev–Trinajstić information content (AvgIpc) is 2.99. The van der Waals surface area contributed by atoms with Crippen LogP contribution < -0.4 is 15.8 Å². The molecule has 0 saturated heterocycles. The molecule has 1 heterocycles. The van der Waals surface area contributed by atoms with Crippen LogP contribution in [0.15, 0.2) is 36.4 Å². The smallest absolute Gasteiger partial charge is 0.233 e. The molecule has 1 amide bonds. The van der Waals surface area contributed by atoms with E-state index in [1.165, 1.54) is 0 Å². The molecule has 2 aromatic rings. The van der Waals surface area contributed by atoms with Crippen molar-refractivity contribution in [3.05, 3.63) is 36.4 Å². The Morgan fingerprint density at radius 3 is 2.90 bits per heavy atom. The lowest BCUT2D eigenvalue weighted by Gasteiger charge is -2.03. The van der Waals surface area contributed by atoms with Crippen molar-refractivity contribution >= 4 is 5.91 Å². The van der Waals surface area contributed by atoms with Gasteiger partial charge in [-0.1, -0.05) is 30.3 Å². The van der Waals surface area contributed by atoms with Gasteiger partial charge in [0, 0.05) is 25.6 Å². The molecule has 0 radical (unpaired) electrons. The van der Waals surface area contributed by atoms with Gasteiger partial charge in [-0.2, -0.15) is 0 Å². The number of aromatic nitrogens is 2. The first kappa shape index (κ1) is 15.1. The van der Waals surface area contributed by atoms with E-state index in [0.717, 1.165) is 11.3 Å². The molecule has 2 rings (SSSR count). The first-order valence-electron chi connectivity index (χ1n) is 7.00. The lowest BCUT2D eigenvalue weighted by molar-refractivity contribution is -0.121. The highest BCUT2D eigenvalue weighted by Gasteiger charge is 2.05. The summed E-state index contributed by atoms with van der Waals surface area (Å²) < 4.78 is 5.52. The number of aromatic amines is 1. The van der Waals surface area contributed by atoms with Crippen LogP contribution in [0.4, 0.5) is 0 Å².